The Balaban J connectivity index is 1.11. The molecule has 206 valence electrons. The van der Waals surface area contributed by atoms with E-state index in [4.69, 9.17) is 18.7 Å². The Morgan fingerprint density at radius 3 is 2.65 bits per heavy atom. The van der Waals surface area contributed by atoms with Gasteiger partial charge in [0, 0.05) is 25.4 Å². The largest absolute Gasteiger partial charge is 0.467 e. The van der Waals surface area contributed by atoms with E-state index in [0.717, 1.165) is 41.9 Å². The SMILES string of the molecule is O=C(OCC(=O)N1N=C2/C(=C/c3ccco3)CCC[C@H]2[C@@H]1c1ccco1)[C@H]1CC(=O)N(CCc2ccccc2)C1. The van der Waals surface area contributed by atoms with Crippen molar-refractivity contribution in [2.75, 3.05) is 19.7 Å². The molecule has 1 aliphatic carbocycles. The second kappa shape index (κ2) is 11.4. The van der Waals surface area contributed by atoms with E-state index in [1.165, 1.54) is 5.01 Å². The molecule has 40 heavy (non-hydrogen) atoms. The van der Waals surface area contributed by atoms with E-state index in [1.807, 2.05) is 54.6 Å². The van der Waals surface area contributed by atoms with Gasteiger partial charge in [0.05, 0.1) is 24.2 Å². The molecule has 0 spiro atoms. The smallest absolute Gasteiger partial charge is 0.311 e. The number of nitrogens with zero attached hydrogens (tertiary/aromatic N) is 3. The molecule has 9 nitrogen and oxygen atoms in total. The molecule has 0 unspecified atom stereocenters. The lowest BCUT2D eigenvalue weighted by Crippen LogP contribution is -2.35. The summed E-state index contributed by atoms with van der Waals surface area (Å²) >= 11 is 0. The van der Waals surface area contributed by atoms with E-state index in [0.29, 0.717) is 25.3 Å². The van der Waals surface area contributed by atoms with Crippen LogP contribution in [0.2, 0.25) is 0 Å². The molecule has 0 bridgehead atoms. The van der Waals surface area contributed by atoms with Crippen LogP contribution in [-0.2, 0) is 25.5 Å². The van der Waals surface area contributed by atoms with Gasteiger partial charge in [0.2, 0.25) is 5.91 Å². The molecule has 1 saturated heterocycles. The maximum absolute atomic E-state index is 13.4. The molecule has 2 amide bonds. The first kappa shape index (κ1) is 25.9. The van der Waals surface area contributed by atoms with Crippen LogP contribution in [0.3, 0.4) is 0 Å². The van der Waals surface area contributed by atoms with Crippen molar-refractivity contribution in [3.05, 3.63) is 89.8 Å². The predicted octanol–water partition coefficient (Wildman–Crippen LogP) is 4.63. The summed E-state index contributed by atoms with van der Waals surface area (Å²) in [6.45, 7) is 0.380. The highest BCUT2D eigenvalue weighted by Crippen LogP contribution is 2.44. The zero-order valence-corrected chi connectivity index (χ0v) is 22.1. The molecule has 9 heteroatoms. The quantitative estimate of drug-likeness (QED) is 0.385. The van der Waals surface area contributed by atoms with E-state index in [1.54, 1.807) is 23.5 Å². The minimum absolute atomic E-state index is 0.0357. The molecular weight excluding hydrogens is 510 g/mol. The van der Waals surface area contributed by atoms with E-state index in [9.17, 15) is 14.4 Å². The summed E-state index contributed by atoms with van der Waals surface area (Å²) in [5.74, 6) is -0.305. The summed E-state index contributed by atoms with van der Waals surface area (Å²) in [7, 11) is 0. The zero-order valence-electron chi connectivity index (χ0n) is 22.1. The number of hydrogen-bond donors (Lipinski definition) is 0. The lowest BCUT2D eigenvalue weighted by molar-refractivity contribution is -0.156. The normalized spacial score (nSPS) is 23.4. The summed E-state index contributed by atoms with van der Waals surface area (Å²) in [5.41, 5.74) is 2.99. The highest BCUT2D eigenvalue weighted by Gasteiger charge is 2.45. The number of ether oxygens (including phenoxy) is 1. The van der Waals surface area contributed by atoms with Gasteiger partial charge >= 0.3 is 5.97 Å². The molecule has 1 saturated carbocycles. The molecule has 2 fully saturated rings. The molecule has 3 aliphatic rings. The summed E-state index contributed by atoms with van der Waals surface area (Å²) < 4.78 is 16.7. The lowest BCUT2D eigenvalue weighted by Gasteiger charge is -2.27. The third-order valence-corrected chi connectivity index (χ3v) is 7.85. The fourth-order valence-corrected chi connectivity index (χ4v) is 5.86. The fraction of sp³-hybridized carbons (Fsp3) is 0.355. The Labute approximate surface area is 232 Å². The van der Waals surface area contributed by atoms with Crippen molar-refractivity contribution in [1.29, 1.82) is 0 Å². The number of fused-ring (bicyclic) bond motifs is 1. The van der Waals surface area contributed by atoms with Gasteiger partial charge in [-0.1, -0.05) is 30.3 Å². The number of likely N-dealkylation sites (tertiary alicyclic amines) is 1. The number of carbonyl (C=O) groups excluding carboxylic acids is 3. The van der Waals surface area contributed by atoms with Crippen molar-refractivity contribution in [2.45, 2.75) is 38.1 Å². The first-order chi connectivity index (χ1) is 19.6. The average Bonchev–Trinajstić information content (AvgIpc) is 3.78. The van der Waals surface area contributed by atoms with Crippen molar-refractivity contribution in [3.8, 4) is 0 Å². The van der Waals surface area contributed by atoms with Gasteiger partial charge in [-0.05, 0) is 67.2 Å². The molecule has 3 atom stereocenters. The van der Waals surface area contributed by atoms with Crippen LogP contribution < -0.4 is 0 Å². The molecule has 6 rings (SSSR count). The Kier molecular flexibility index (Phi) is 7.35. The van der Waals surface area contributed by atoms with Crippen molar-refractivity contribution >= 4 is 29.6 Å². The number of carbonyl (C=O) groups is 3. The van der Waals surface area contributed by atoms with E-state index < -0.39 is 30.4 Å². The number of esters is 1. The number of rotatable bonds is 8. The van der Waals surface area contributed by atoms with Crippen molar-refractivity contribution in [1.82, 2.24) is 9.91 Å². The maximum Gasteiger partial charge on any atom is 0.311 e. The molecular formula is C31H31N3O6. The maximum atomic E-state index is 13.4. The number of allylic oxidation sites excluding steroid dienone is 1. The Bertz CT molecular complexity index is 1410. The summed E-state index contributed by atoms with van der Waals surface area (Å²) in [5, 5.41) is 6.14. The third kappa shape index (κ3) is 5.36. The predicted molar refractivity (Wildman–Crippen MR) is 146 cm³/mol. The number of amides is 2. The van der Waals surface area contributed by atoms with Crippen LogP contribution in [0.15, 0.2) is 86.6 Å². The van der Waals surface area contributed by atoms with Gasteiger partial charge in [-0.15, -0.1) is 0 Å². The molecule has 0 radical (unpaired) electrons. The summed E-state index contributed by atoms with van der Waals surface area (Å²) in [4.78, 5) is 40.5. The molecule has 3 aromatic rings. The van der Waals surface area contributed by atoms with Gasteiger partial charge in [0.25, 0.3) is 5.91 Å². The zero-order chi connectivity index (χ0) is 27.5. The topological polar surface area (TPSA) is 106 Å². The summed E-state index contributed by atoms with van der Waals surface area (Å²) in [6.07, 6.45) is 8.61. The van der Waals surface area contributed by atoms with Crippen molar-refractivity contribution in [2.24, 2.45) is 16.9 Å². The molecule has 2 aliphatic heterocycles. The van der Waals surface area contributed by atoms with E-state index >= 15 is 0 Å². The van der Waals surface area contributed by atoms with Crippen LogP contribution in [0, 0.1) is 11.8 Å². The van der Waals surface area contributed by atoms with Crippen LogP contribution in [0.4, 0.5) is 0 Å². The molecule has 1 aromatic carbocycles. The van der Waals surface area contributed by atoms with Crippen molar-refractivity contribution in [3.63, 3.8) is 0 Å². The van der Waals surface area contributed by atoms with Crippen LogP contribution in [0.5, 0.6) is 0 Å². The lowest BCUT2D eigenvalue weighted by atomic mass is 9.79. The van der Waals surface area contributed by atoms with Crippen LogP contribution in [-0.4, -0.2) is 53.1 Å². The Morgan fingerprint density at radius 2 is 1.88 bits per heavy atom. The minimum Gasteiger partial charge on any atom is -0.467 e. The number of furan rings is 2. The third-order valence-electron chi connectivity index (χ3n) is 7.85. The first-order valence-electron chi connectivity index (χ1n) is 13.7. The standard InChI is InChI=1S/C31H31N3O6/c35-27-18-23(19-33(27)14-13-21-7-2-1-3-8-21)31(37)40-20-28(36)34-30(26-12-6-16-39-26)25-11-4-9-22(29(25)32-34)17-24-10-5-15-38-24/h1-3,5-8,10,12,15-17,23,25,30H,4,9,11,13-14,18-20H2/b22-17+/t23-,25+,30+/m0/s1. The van der Waals surface area contributed by atoms with Gasteiger partial charge in [0.15, 0.2) is 6.61 Å². The Morgan fingerprint density at radius 1 is 1.05 bits per heavy atom. The fourth-order valence-electron chi connectivity index (χ4n) is 5.86. The van der Waals surface area contributed by atoms with Gasteiger partial charge in [0.1, 0.15) is 17.6 Å². The minimum atomic E-state index is -0.591. The monoisotopic (exact) mass is 541 g/mol. The van der Waals surface area contributed by atoms with Gasteiger partial charge in [-0.25, -0.2) is 5.01 Å². The number of benzene rings is 1. The van der Waals surface area contributed by atoms with Crippen LogP contribution in [0.1, 0.15) is 48.8 Å². The van der Waals surface area contributed by atoms with Gasteiger partial charge < -0.3 is 18.5 Å². The van der Waals surface area contributed by atoms with Gasteiger partial charge in [-0.2, -0.15) is 5.10 Å². The second-order valence-corrected chi connectivity index (χ2v) is 10.5. The van der Waals surface area contributed by atoms with E-state index in [2.05, 4.69) is 0 Å². The highest BCUT2D eigenvalue weighted by molar-refractivity contribution is 6.08. The van der Waals surface area contributed by atoms with Crippen LogP contribution in [0.25, 0.3) is 6.08 Å². The molecule has 2 aromatic heterocycles. The summed E-state index contributed by atoms with van der Waals surface area (Å²) in [6, 6.07) is 16.8. The van der Waals surface area contributed by atoms with Crippen LogP contribution >= 0.6 is 0 Å². The highest BCUT2D eigenvalue weighted by atomic mass is 16.5. The van der Waals surface area contributed by atoms with Crippen molar-refractivity contribution < 1.29 is 28.0 Å². The Hall–Kier alpha value is -4.40. The number of hydrogen-bond acceptors (Lipinski definition) is 7. The van der Waals surface area contributed by atoms with E-state index in [-0.39, 0.29) is 18.2 Å². The first-order valence-corrected chi connectivity index (χ1v) is 13.7. The molecule has 0 N–H and O–H groups in total. The van der Waals surface area contributed by atoms with Gasteiger partial charge in [-0.3, -0.25) is 14.4 Å². The molecule has 4 heterocycles. The number of hydrazone groups is 1. The average molecular weight is 542 g/mol. The second-order valence-electron chi connectivity index (χ2n) is 10.5.